The Morgan fingerprint density at radius 3 is 2.59 bits per heavy atom. The number of carbonyl (C=O) groups is 2. The number of amides is 2. The van der Waals surface area contributed by atoms with E-state index in [1.165, 1.54) is 0 Å². The van der Waals surface area contributed by atoms with E-state index in [1.54, 1.807) is 12.1 Å². The molecule has 0 aromatic heterocycles. The summed E-state index contributed by atoms with van der Waals surface area (Å²) >= 11 is 12.0. The number of anilines is 1. The average molecular weight is 273 g/mol. The van der Waals surface area contributed by atoms with E-state index in [0.29, 0.717) is 15.7 Å². The summed E-state index contributed by atoms with van der Waals surface area (Å²) in [5, 5.41) is 6.15. The third-order valence-corrected chi connectivity index (χ3v) is 3.27. The van der Waals surface area contributed by atoms with Crippen molar-refractivity contribution in [1.82, 2.24) is 5.32 Å². The van der Waals surface area contributed by atoms with E-state index in [1.807, 2.05) is 6.92 Å². The van der Waals surface area contributed by atoms with Crippen molar-refractivity contribution in [2.75, 3.05) is 5.32 Å². The lowest BCUT2D eigenvalue weighted by Gasteiger charge is -2.13. The van der Waals surface area contributed by atoms with Crippen LogP contribution in [0.3, 0.4) is 0 Å². The highest BCUT2D eigenvalue weighted by molar-refractivity contribution is 6.35. The normalized spacial score (nSPS) is 19.4. The van der Waals surface area contributed by atoms with Gasteiger partial charge < -0.3 is 5.32 Å². The van der Waals surface area contributed by atoms with Gasteiger partial charge in [0.05, 0.1) is 17.1 Å². The smallest absolute Gasteiger partial charge is 0.249 e. The van der Waals surface area contributed by atoms with Gasteiger partial charge in [-0.05, 0) is 24.6 Å². The van der Waals surface area contributed by atoms with Crippen molar-refractivity contribution >= 4 is 40.7 Å². The fourth-order valence-electron chi connectivity index (χ4n) is 1.61. The van der Waals surface area contributed by atoms with E-state index in [-0.39, 0.29) is 18.2 Å². The molecule has 4 nitrogen and oxygen atoms in total. The highest BCUT2D eigenvalue weighted by atomic mass is 35.5. The van der Waals surface area contributed by atoms with Crippen LogP contribution in [0.15, 0.2) is 12.1 Å². The van der Waals surface area contributed by atoms with Crippen molar-refractivity contribution in [3.63, 3.8) is 0 Å². The van der Waals surface area contributed by atoms with Crippen molar-refractivity contribution in [2.45, 2.75) is 19.4 Å². The summed E-state index contributed by atoms with van der Waals surface area (Å²) < 4.78 is 0. The maximum Gasteiger partial charge on any atom is 0.249 e. The molecule has 0 radical (unpaired) electrons. The molecule has 90 valence electrons. The minimum absolute atomic E-state index is 0.112. The molecule has 1 aliphatic heterocycles. The van der Waals surface area contributed by atoms with Crippen molar-refractivity contribution < 1.29 is 9.59 Å². The predicted molar refractivity (Wildman–Crippen MR) is 66.4 cm³/mol. The number of carbonyl (C=O) groups excluding carboxylic acids is 2. The second-order valence-corrected chi connectivity index (χ2v) is 4.71. The zero-order valence-electron chi connectivity index (χ0n) is 9.01. The maximum atomic E-state index is 11.4. The second-order valence-electron chi connectivity index (χ2n) is 3.89. The second kappa shape index (κ2) is 4.55. The Morgan fingerprint density at radius 2 is 2.00 bits per heavy atom. The zero-order valence-corrected chi connectivity index (χ0v) is 10.5. The van der Waals surface area contributed by atoms with Gasteiger partial charge in [-0.15, -0.1) is 0 Å². The molecule has 6 heteroatoms. The van der Waals surface area contributed by atoms with Gasteiger partial charge in [0, 0.05) is 5.02 Å². The predicted octanol–water partition coefficient (Wildman–Crippen LogP) is 2.13. The van der Waals surface area contributed by atoms with Crippen LogP contribution in [-0.4, -0.2) is 17.9 Å². The largest absolute Gasteiger partial charge is 0.372 e. The van der Waals surface area contributed by atoms with Crippen LogP contribution in [-0.2, 0) is 9.59 Å². The van der Waals surface area contributed by atoms with Crippen LogP contribution in [0.4, 0.5) is 5.69 Å². The molecule has 1 saturated heterocycles. The minimum atomic E-state index is -0.584. The first-order valence-electron chi connectivity index (χ1n) is 5.03. The Morgan fingerprint density at radius 1 is 1.29 bits per heavy atom. The quantitative estimate of drug-likeness (QED) is 0.811. The van der Waals surface area contributed by atoms with E-state index >= 15 is 0 Å². The van der Waals surface area contributed by atoms with Gasteiger partial charge in [0.15, 0.2) is 0 Å². The Balaban J connectivity index is 2.22. The lowest BCUT2D eigenvalue weighted by molar-refractivity contribution is -0.124. The number of hydrogen-bond donors (Lipinski definition) is 2. The van der Waals surface area contributed by atoms with Gasteiger partial charge in [-0.3, -0.25) is 14.9 Å². The summed E-state index contributed by atoms with van der Waals surface area (Å²) in [6.45, 7) is 1.84. The summed E-state index contributed by atoms with van der Waals surface area (Å²) in [6.07, 6.45) is 0.112. The summed E-state index contributed by atoms with van der Waals surface area (Å²) in [4.78, 5) is 22.4. The van der Waals surface area contributed by atoms with Crippen LogP contribution in [0.1, 0.15) is 12.0 Å². The fraction of sp³-hybridized carbons (Fsp3) is 0.273. The highest BCUT2D eigenvalue weighted by Crippen LogP contribution is 2.29. The van der Waals surface area contributed by atoms with Gasteiger partial charge in [-0.25, -0.2) is 0 Å². The van der Waals surface area contributed by atoms with Crippen molar-refractivity contribution in [3.05, 3.63) is 27.7 Å². The van der Waals surface area contributed by atoms with Crippen LogP contribution < -0.4 is 10.6 Å². The Kier molecular flexibility index (Phi) is 3.26. The third kappa shape index (κ3) is 2.53. The van der Waals surface area contributed by atoms with E-state index in [4.69, 9.17) is 23.2 Å². The van der Waals surface area contributed by atoms with Gasteiger partial charge in [0.25, 0.3) is 0 Å². The number of imide groups is 1. The molecule has 0 spiro atoms. The molecule has 1 aromatic rings. The number of halogens is 2. The number of hydrogen-bond acceptors (Lipinski definition) is 3. The van der Waals surface area contributed by atoms with Crippen molar-refractivity contribution in [1.29, 1.82) is 0 Å². The number of benzene rings is 1. The van der Waals surface area contributed by atoms with Crippen LogP contribution in [0.2, 0.25) is 10.0 Å². The summed E-state index contributed by atoms with van der Waals surface area (Å²) in [5.41, 5.74) is 1.41. The zero-order chi connectivity index (χ0) is 12.6. The molecule has 2 rings (SSSR count). The molecule has 2 amide bonds. The molecule has 1 heterocycles. The molecule has 1 unspecified atom stereocenters. The SMILES string of the molecule is Cc1cc(Cl)c(NC2CC(=O)NC2=O)cc1Cl. The Hall–Kier alpha value is -1.26. The van der Waals surface area contributed by atoms with E-state index in [9.17, 15) is 9.59 Å². The number of rotatable bonds is 2. The van der Waals surface area contributed by atoms with Crippen LogP contribution in [0.5, 0.6) is 0 Å². The standard InChI is InChI=1S/C11H10Cl2N2O2/c1-5-2-7(13)8(3-6(5)12)14-9-4-10(16)15-11(9)17/h2-3,9,14H,4H2,1H3,(H,15,16,17). The van der Waals surface area contributed by atoms with Gasteiger partial charge in [-0.1, -0.05) is 23.2 Å². The summed E-state index contributed by atoms with van der Waals surface area (Å²) in [6, 6.07) is 2.77. The first-order chi connectivity index (χ1) is 7.97. The number of nitrogens with one attached hydrogen (secondary N) is 2. The third-order valence-electron chi connectivity index (χ3n) is 2.55. The molecule has 0 saturated carbocycles. The van der Waals surface area contributed by atoms with Crippen molar-refractivity contribution in [3.8, 4) is 0 Å². The van der Waals surface area contributed by atoms with Crippen LogP contribution in [0.25, 0.3) is 0 Å². The molecule has 2 N–H and O–H groups in total. The molecule has 0 aliphatic carbocycles. The van der Waals surface area contributed by atoms with Gasteiger partial charge in [0.2, 0.25) is 11.8 Å². The van der Waals surface area contributed by atoms with Crippen LogP contribution >= 0.6 is 23.2 Å². The van der Waals surface area contributed by atoms with Crippen LogP contribution in [0, 0.1) is 6.92 Å². The average Bonchev–Trinajstić information content (AvgIpc) is 2.54. The van der Waals surface area contributed by atoms with Gasteiger partial charge in [-0.2, -0.15) is 0 Å². The van der Waals surface area contributed by atoms with E-state index in [2.05, 4.69) is 10.6 Å². The topological polar surface area (TPSA) is 58.2 Å². The first-order valence-corrected chi connectivity index (χ1v) is 5.79. The lowest BCUT2D eigenvalue weighted by Crippen LogP contribution is -2.30. The molecular weight excluding hydrogens is 263 g/mol. The lowest BCUT2D eigenvalue weighted by atomic mass is 10.2. The summed E-state index contributed by atoms with van der Waals surface area (Å²) in [5.74, 6) is -0.635. The minimum Gasteiger partial charge on any atom is -0.372 e. The molecule has 17 heavy (non-hydrogen) atoms. The summed E-state index contributed by atoms with van der Waals surface area (Å²) in [7, 11) is 0. The van der Waals surface area contributed by atoms with Gasteiger partial charge in [0.1, 0.15) is 6.04 Å². The first kappa shape index (κ1) is 12.2. The van der Waals surface area contributed by atoms with Crippen molar-refractivity contribution in [2.24, 2.45) is 0 Å². The highest BCUT2D eigenvalue weighted by Gasteiger charge is 2.30. The molecule has 1 aliphatic rings. The van der Waals surface area contributed by atoms with E-state index < -0.39 is 6.04 Å². The molecule has 1 atom stereocenters. The number of aryl methyl sites for hydroxylation is 1. The Bertz CT molecular complexity index is 502. The monoisotopic (exact) mass is 272 g/mol. The van der Waals surface area contributed by atoms with Gasteiger partial charge >= 0.3 is 0 Å². The van der Waals surface area contributed by atoms with E-state index in [0.717, 1.165) is 5.56 Å². The Labute approximate surface area is 108 Å². The maximum absolute atomic E-state index is 11.4. The molecule has 1 fully saturated rings. The molecule has 0 bridgehead atoms. The molecular formula is C11H10Cl2N2O2. The molecule has 1 aromatic carbocycles. The fourth-order valence-corrected chi connectivity index (χ4v) is 2.05.